The minimum Gasteiger partial charge on any atom is -0.391 e. The number of β-amino-alcohol motifs (C(OH)–C–C–N with tert-alkyl or cyclic N) is 1. The topological polar surface area (TPSA) is 69.6 Å². The van der Waals surface area contributed by atoms with Crippen molar-refractivity contribution in [1.29, 1.82) is 0 Å². The first-order valence-corrected chi connectivity index (χ1v) is 9.14. The van der Waals surface area contributed by atoms with Crippen LogP contribution in [0.1, 0.15) is 17.5 Å². The van der Waals surface area contributed by atoms with Crippen LogP contribution in [0.25, 0.3) is 0 Å². The summed E-state index contributed by atoms with van der Waals surface area (Å²) in [6.45, 7) is 0.435. The van der Waals surface area contributed by atoms with E-state index >= 15 is 0 Å². The molecule has 0 radical (unpaired) electrons. The van der Waals surface area contributed by atoms with Gasteiger partial charge in [0, 0.05) is 13.1 Å². The van der Waals surface area contributed by atoms with Crippen LogP contribution in [0.15, 0.2) is 48.5 Å². The Labute approximate surface area is 162 Å². The number of nitrogens with zero attached hydrogens (tertiary/aromatic N) is 1. The average Bonchev–Trinajstić information content (AvgIpc) is 3.05. The smallest absolute Gasteiger partial charge is 0.227 e. The maximum atomic E-state index is 13.0. The summed E-state index contributed by atoms with van der Waals surface area (Å²) in [6, 6.07) is 11.1. The number of halogens is 2. The molecule has 1 aliphatic heterocycles. The molecule has 0 bridgehead atoms. The number of amides is 2. The molecule has 0 saturated carbocycles. The second-order valence-corrected chi connectivity index (χ2v) is 7.00. The Morgan fingerprint density at radius 2 is 1.50 bits per heavy atom. The van der Waals surface area contributed by atoms with Gasteiger partial charge in [0.1, 0.15) is 11.6 Å². The molecule has 1 fully saturated rings. The second kappa shape index (κ2) is 8.93. The molecule has 2 aromatic carbocycles. The van der Waals surface area contributed by atoms with Gasteiger partial charge in [-0.2, -0.15) is 0 Å². The van der Waals surface area contributed by atoms with Crippen molar-refractivity contribution in [2.75, 3.05) is 13.1 Å². The Bertz CT molecular complexity index is 825. The van der Waals surface area contributed by atoms with E-state index in [1.807, 2.05) is 0 Å². The average molecular weight is 388 g/mol. The molecule has 3 rings (SSSR count). The summed E-state index contributed by atoms with van der Waals surface area (Å²) in [4.78, 5) is 26.3. The van der Waals surface area contributed by atoms with E-state index in [-0.39, 0.29) is 55.4 Å². The van der Waals surface area contributed by atoms with Crippen LogP contribution in [-0.4, -0.2) is 47.1 Å². The number of hydrogen-bond acceptors (Lipinski definition) is 3. The molecule has 2 amide bonds. The van der Waals surface area contributed by atoms with Crippen LogP contribution >= 0.6 is 0 Å². The molecule has 148 valence electrons. The molecule has 5 nitrogen and oxygen atoms in total. The standard InChI is InChI=1S/C21H22F2N2O3/c22-16-5-1-14(2-6-16)9-20(27)24-12-18-11-19(26)13-25(18)21(28)10-15-3-7-17(23)8-4-15/h1-8,18-19,26H,9-13H2,(H,24,27)/t18-,19-/m1/s1. The van der Waals surface area contributed by atoms with Crippen molar-refractivity contribution in [2.45, 2.75) is 31.4 Å². The van der Waals surface area contributed by atoms with Crippen LogP contribution in [0.5, 0.6) is 0 Å². The molecule has 0 unspecified atom stereocenters. The number of likely N-dealkylation sites (tertiary alicyclic amines) is 1. The molecule has 28 heavy (non-hydrogen) atoms. The lowest BCUT2D eigenvalue weighted by molar-refractivity contribution is -0.132. The number of carbonyl (C=O) groups is 2. The predicted molar refractivity (Wildman–Crippen MR) is 99.3 cm³/mol. The summed E-state index contributed by atoms with van der Waals surface area (Å²) in [5, 5.41) is 12.7. The first-order valence-electron chi connectivity index (χ1n) is 9.14. The highest BCUT2D eigenvalue weighted by Crippen LogP contribution is 2.19. The van der Waals surface area contributed by atoms with Gasteiger partial charge in [-0.3, -0.25) is 9.59 Å². The first-order chi connectivity index (χ1) is 13.4. The first kappa shape index (κ1) is 19.9. The molecule has 0 aromatic heterocycles. The minimum absolute atomic E-state index is 0.104. The molecule has 1 saturated heterocycles. The van der Waals surface area contributed by atoms with Crippen molar-refractivity contribution in [3.8, 4) is 0 Å². The van der Waals surface area contributed by atoms with E-state index in [1.165, 1.54) is 24.3 Å². The van der Waals surface area contributed by atoms with Gasteiger partial charge in [0.15, 0.2) is 0 Å². The highest BCUT2D eigenvalue weighted by Gasteiger charge is 2.34. The van der Waals surface area contributed by atoms with Crippen LogP contribution in [0, 0.1) is 11.6 Å². The summed E-state index contributed by atoms with van der Waals surface area (Å²) < 4.78 is 25.9. The predicted octanol–water partition coefficient (Wildman–Crippen LogP) is 1.83. The van der Waals surface area contributed by atoms with Gasteiger partial charge < -0.3 is 15.3 Å². The van der Waals surface area contributed by atoms with Gasteiger partial charge in [-0.05, 0) is 41.8 Å². The van der Waals surface area contributed by atoms with Crippen LogP contribution in [0.3, 0.4) is 0 Å². The molecule has 0 aliphatic carbocycles. The molecule has 1 heterocycles. The number of benzene rings is 2. The van der Waals surface area contributed by atoms with Gasteiger partial charge in [-0.1, -0.05) is 24.3 Å². The van der Waals surface area contributed by atoms with Gasteiger partial charge in [-0.15, -0.1) is 0 Å². The summed E-state index contributed by atoms with van der Waals surface area (Å²) in [5.41, 5.74) is 1.38. The number of hydrogen-bond donors (Lipinski definition) is 2. The van der Waals surface area contributed by atoms with Crippen molar-refractivity contribution in [3.63, 3.8) is 0 Å². The van der Waals surface area contributed by atoms with Crippen LogP contribution in [0.4, 0.5) is 8.78 Å². The molecule has 1 aliphatic rings. The van der Waals surface area contributed by atoms with E-state index in [0.29, 0.717) is 17.5 Å². The summed E-state index contributed by atoms with van der Waals surface area (Å²) >= 11 is 0. The maximum Gasteiger partial charge on any atom is 0.227 e. The Balaban J connectivity index is 1.54. The fourth-order valence-corrected chi connectivity index (χ4v) is 3.35. The van der Waals surface area contributed by atoms with E-state index in [2.05, 4.69) is 5.32 Å². The second-order valence-electron chi connectivity index (χ2n) is 7.00. The fourth-order valence-electron chi connectivity index (χ4n) is 3.35. The van der Waals surface area contributed by atoms with Gasteiger partial charge >= 0.3 is 0 Å². The normalized spacial score (nSPS) is 18.9. The van der Waals surface area contributed by atoms with Crippen LogP contribution < -0.4 is 5.32 Å². The highest BCUT2D eigenvalue weighted by atomic mass is 19.1. The molecular weight excluding hydrogens is 366 g/mol. The van der Waals surface area contributed by atoms with Crippen molar-refractivity contribution < 1.29 is 23.5 Å². The summed E-state index contributed by atoms with van der Waals surface area (Å²) in [7, 11) is 0. The van der Waals surface area contributed by atoms with Gasteiger partial charge in [-0.25, -0.2) is 8.78 Å². The van der Waals surface area contributed by atoms with Crippen molar-refractivity contribution in [2.24, 2.45) is 0 Å². The largest absolute Gasteiger partial charge is 0.391 e. The molecular formula is C21H22F2N2O3. The molecule has 2 N–H and O–H groups in total. The van der Waals surface area contributed by atoms with E-state index in [1.54, 1.807) is 29.2 Å². The van der Waals surface area contributed by atoms with Crippen molar-refractivity contribution >= 4 is 11.8 Å². The molecule has 2 atom stereocenters. The zero-order valence-corrected chi connectivity index (χ0v) is 15.3. The monoisotopic (exact) mass is 388 g/mol. The SMILES string of the molecule is O=C(Cc1ccc(F)cc1)NC[C@H]1C[C@@H](O)CN1C(=O)Cc1ccc(F)cc1. The lowest BCUT2D eigenvalue weighted by Crippen LogP contribution is -2.44. The van der Waals surface area contributed by atoms with E-state index in [4.69, 9.17) is 0 Å². The lowest BCUT2D eigenvalue weighted by atomic mass is 10.1. The Morgan fingerprint density at radius 1 is 0.964 bits per heavy atom. The fraction of sp³-hybridized carbons (Fsp3) is 0.333. The number of aliphatic hydroxyl groups excluding tert-OH is 1. The Morgan fingerprint density at radius 3 is 2.07 bits per heavy atom. The zero-order chi connectivity index (χ0) is 20.1. The minimum atomic E-state index is -0.642. The van der Waals surface area contributed by atoms with Crippen molar-refractivity contribution in [3.05, 3.63) is 71.3 Å². The Hall–Kier alpha value is -2.80. The summed E-state index contributed by atoms with van der Waals surface area (Å²) in [5.74, 6) is -1.14. The number of rotatable bonds is 6. The summed E-state index contributed by atoms with van der Waals surface area (Å²) in [6.07, 6.45) is -0.0471. The molecule has 2 aromatic rings. The van der Waals surface area contributed by atoms with Crippen LogP contribution in [-0.2, 0) is 22.4 Å². The Kier molecular flexibility index (Phi) is 6.36. The van der Waals surface area contributed by atoms with Crippen LogP contribution in [0.2, 0.25) is 0 Å². The molecule has 7 heteroatoms. The number of aliphatic hydroxyl groups is 1. The molecule has 0 spiro atoms. The third kappa shape index (κ3) is 5.36. The quantitative estimate of drug-likeness (QED) is 0.793. The van der Waals surface area contributed by atoms with Gasteiger partial charge in [0.25, 0.3) is 0 Å². The third-order valence-corrected chi connectivity index (χ3v) is 4.79. The van der Waals surface area contributed by atoms with Gasteiger partial charge in [0.2, 0.25) is 11.8 Å². The lowest BCUT2D eigenvalue weighted by Gasteiger charge is -2.25. The number of carbonyl (C=O) groups excluding carboxylic acids is 2. The van der Waals surface area contributed by atoms with Crippen molar-refractivity contribution in [1.82, 2.24) is 10.2 Å². The highest BCUT2D eigenvalue weighted by molar-refractivity contribution is 5.80. The number of nitrogens with one attached hydrogen (secondary N) is 1. The van der Waals surface area contributed by atoms with E-state index in [9.17, 15) is 23.5 Å². The third-order valence-electron chi connectivity index (χ3n) is 4.79. The zero-order valence-electron chi connectivity index (χ0n) is 15.3. The van der Waals surface area contributed by atoms with E-state index in [0.717, 1.165) is 0 Å². The van der Waals surface area contributed by atoms with E-state index < -0.39 is 6.10 Å². The maximum absolute atomic E-state index is 13.0. The van der Waals surface area contributed by atoms with Gasteiger partial charge in [0.05, 0.1) is 25.0 Å².